The van der Waals surface area contributed by atoms with Crippen molar-refractivity contribution in [1.82, 2.24) is 10.2 Å². The second kappa shape index (κ2) is 13.6. The Labute approximate surface area is 186 Å². The van der Waals surface area contributed by atoms with Crippen LogP contribution in [0.5, 0.6) is 5.75 Å². The fourth-order valence-electron chi connectivity index (χ4n) is 2.38. The van der Waals surface area contributed by atoms with E-state index in [1.54, 1.807) is 0 Å². The Kier molecular flexibility index (Phi) is 12.2. The number of ether oxygens (including phenoxy) is 1. The molecule has 1 heterocycles. The van der Waals surface area contributed by atoms with Crippen molar-refractivity contribution in [2.24, 2.45) is 0 Å². The molecule has 4 nitrogen and oxygen atoms in total. The van der Waals surface area contributed by atoms with Crippen LogP contribution in [0.15, 0.2) is 36.4 Å². The first-order valence-electron chi connectivity index (χ1n) is 8.64. The Morgan fingerprint density at radius 2 is 1.77 bits per heavy atom. The number of benzene rings is 1. The van der Waals surface area contributed by atoms with Gasteiger partial charge in [0.2, 0.25) is 0 Å². The van der Waals surface area contributed by atoms with Crippen molar-refractivity contribution in [3.05, 3.63) is 41.6 Å². The van der Waals surface area contributed by atoms with Gasteiger partial charge < -0.3 is 4.74 Å². The second-order valence-corrected chi connectivity index (χ2v) is 7.13. The average molecular weight is 403 g/mol. The molecule has 0 atom stereocenters. The van der Waals surface area contributed by atoms with Gasteiger partial charge in [-0.05, 0) is 18.2 Å². The number of unbranched alkanes of at least 4 members (excludes halogenated alkanes) is 5. The van der Waals surface area contributed by atoms with E-state index in [0.29, 0.717) is 11.4 Å². The van der Waals surface area contributed by atoms with Crippen molar-refractivity contribution in [1.29, 1.82) is 0 Å². The summed E-state index contributed by atoms with van der Waals surface area (Å²) >= 11 is 7.10. The van der Waals surface area contributed by atoms with E-state index in [1.807, 2.05) is 30.3 Å². The standard InChI is InChI=1S/C19H23ClN2O2S.Na.H/c1-2-3-4-5-6-10-13-25-19(23)24-16-14-17(20)21-22-18(16)15-11-8-7-9-12-15;;/h7-9,11-12,14H,2-6,10,13H2,1H3;;. The maximum absolute atomic E-state index is 12.1. The molecular weight excluding hydrogens is 379 g/mol. The van der Waals surface area contributed by atoms with Crippen LogP contribution < -0.4 is 4.74 Å². The molecule has 7 heteroatoms. The number of carbonyl (C=O) groups excluding carboxylic acids is 1. The fourth-order valence-corrected chi connectivity index (χ4v) is 3.18. The van der Waals surface area contributed by atoms with E-state index in [9.17, 15) is 4.79 Å². The van der Waals surface area contributed by atoms with Crippen molar-refractivity contribution in [3.63, 3.8) is 0 Å². The number of hydrogen-bond acceptors (Lipinski definition) is 5. The van der Waals surface area contributed by atoms with Crippen LogP contribution in [0.4, 0.5) is 4.79 Å². The SMILES string of the molecule is CCCCCCCCSC(=O)Oc1cc(Cl)nnc1-c1ccccc1.[NaH]. The molecule has 1 aromatic carbocycles. The number of carbonyl (C=O) groups is 1. The zero-order chi connectivity index (χ0) is 17.9. The molecule has 26 heavy (non-hydrogen) atoms. The van der Waals surface area contributed by atoms with Gasteiger partial charge in [-0.2, -0.15) is 0 Å². The van der Waals surface area contributed by atoms with Gasteiger partial charge in [0, 0.05) is 17.4 Å². The Balaban J connectivity index is 0.00000338. The first-order valence-corrected chi connectivity index (χ1v) is 10.0. The number of halogens is 1. The molecule has 0 bridgehead atoms. The van der Waals surface area contributed by atoms with E-state index >= 15 is 0 Å². The maximum atomic E-state index is 12.1. The normalized spacial score (nSPS) is 10.2. The van der Waals surface area contributed by atoms with Gasteiger partial charge in [0.1, 0.15) is 5.69 Å². The molecule has 1 aromatic heterocycles. The molecule has 0 radical (unpaired) electrons. The van der Waals surface area contributed by atoms with E-state index in [1.165, 1.54) is 43.5 Å². The zero-order valence-electron chi connectivity index (χ0n) is 14.4. The van der Waals surface area contributed by atoms with Crippen LogP contribution in [0.2, 0.25) is 5.15 Å². The van der Waals surface area contributed by atoms with Crippen LogP contribution in [0, 0.1) is 0 Å². The molecule has 0 saturated heterocycles. The predicted molar refractivity (Wildman–Crippen MR) is 111 cm³/mol. The Bertz CT molecular complexity index is 674. The van der Waals surface area contributed by atoms with Gasteiger partial charge in [-0.25, -0.2) is 4.79 Å². The van der Waals surface area contributed by atoms with Crippen molar-refractivity contribution >= 4 is 58.2 Å². The molecule has 0 amide bonds. The summed E-state index contributed by atoms with van der Waals surface area (Å²) in [6, 6.07) is 11.0. The molecular formula is C19H24ClN2NaO2S. The zero-order valence-corrected chi connectivity index (χ0v) is 16.0. The number of aromatic nitrogens is 2. The Morgan fingerprint density at radius 3 is 2.50 bits per heavy atom. The van der Waals surface area contributed by atoms with Gasteiger partial charge in [-0.3, -0.25) is 0 Å². The number of nitrogens with zero attached hydrogens (tertiary/aromatic N) is 2. The minimum absolute atomic E-state index is 0. The summed E-state index contributed by atoms with van der Waals surface area (Å²) in [5, 5.41) is 7.78. The third-order valence-corrected chi connectivity index (χ3v) is 4.68. The molecule has 2 rings (SSSR count). The van der Waals surface area contributed by atoms with Gasteiger partial charge >= 0.3 is 34.9 Å². The van der Waals surface area contributed by atoms with Gasteiger partial charge in [0.25, 0.3) is 0 Å². The molecule has 0 aliphatic rings. The van der Waals surface area contributed by atoms with Crippen LogP contribution in [-0.2, 0) is 0 Å². The molecule has 2 aromatic rings. The summed E-state index contributed by atoms with van der Waals surface area (Å²) in [6.45, 7) is 2.20. The van der Waals surface area contributed by atoms with Crippen molar-refractivity contribution in [2.75, 3.05) is 5.75 Å². The molecule has 0 spiro atoms. The third-order valence-electron chi connectivity index (χ3n) is 3.69. The molecule has 0 fully saturated rings. The summed E-state index contributed by atoms with van der Waals surface area (Å²) in [4.78, 5) is 12.1. The molecule has 0 N–H and O–H groups in total. The predicted octanol–water partition coefficient (Wildman–Crippen LogP) is 5.74. The summed E-state index contributed by atoms with van der Waals surface area (Å²) in [6.07, 6.45) is 7.20. The van der Waals surface area contributed by atoms with E-state index in [2.05, 4.69) is 17.1 Å². The van der Waals surface area contributed by atoms with Gasteiger partial charge in [-0.15, -0.1) is 10.2 Å². The molecule has 0 aliphatic carbocycles. The number of rotatable bonds is 9. The third kappa shape index (κ3) is 8.40. The molecule has 0 saturated carbocycles. The number of thioether (sulfide) groups is 1. The van der Waals surface area contributed by atoms with Gasteiger partial charge in [0.05, 0.1) is 0 Å². The summed E-state index contributed by atoms with van der Waals surface area (Å²) in [5.74, 6) is 1.10. The van der Waals surface area contributed by atoms with Gasteiger partial charge in [-0.1, -0.05) is 81.0 Å². The van der Waals surface area contributed by atoms with Crippen LogP contribution in [0.3, 0.4) is 0 Å². The second-order valence-electron chi connectivity index (χ2n) is 5.71. The van der Waals surface area contributed by atoms with E-state index < -0.39 is 0 Å². The molecule has 136 valence electrons. The molecule has 0 aliphatic heterocycles. The molecule has 0 unspecified atom stereocenters. The summed E-state index contributed by atoms with van der Waals surface area (Å²) < 4.78 is 5.46. The Hall–Kier alpha value is -0.590. The number of hydrogen-bond donors (Lipinski definition) is 0. The van der Waals surface area contributed by atoms with E-state index in [0.717, 1.165) is 24.2 Å². The topological polar surface area (TPSA) is 52.1 Å². The van der Waals surface area contributed by atoms with Crippen LogP contribution in [-0.4, -0.2) is 50.8 Å². The monoisotopic (exact) mass is 402 g/mol. The van der Waals surface area contributed by atoms with Crippen LogP contribution in [0.25, 0.3) is 11.3 Å². The average Bonchev–Trinajstić information content (AvgIpc) is 2.62. The summed E-state index contributed by atoms with van der Waals surface area (Å²) in [7, 11) is 0. The Morgan fingerprint density at radius 1 is 1.08 bits per heavy atom. The van der Waals surface area contributed by atoms with Crippen LogP contribution >= 0.6 is 23.4 Å². The minimum atomic E-state index is -0.338. The quantitative estimate of drug-likeness (QED) is 0.304. The van der Waals surface area contributed by atoms with Crippen molar-refractivity contribution in [3.8, 4) is 17.0 Å². The van der Waals surface area contributed by atoms with E-state index in [4.69, 9.17) is 16.3 Å². The first kappa shape index (κ1) is 23.4. The van der Waals surface area contributed by atoms with E-state index in [-0.39, 0.29) is 40.0 Å². The van der Waals surface area contributed by atoms with Gasteiger partial charge in [0.15, 0.2) is 10.9 Å². The van der Waals surface area contributed by atoms with Crippen LogP contribution in [0.1, 0.15) is 45.4 Å². The summed E-state index contributed by atoms with van der Waals surface area (Å²) in [5.41, 5.74) is 1.34. The van der Waals surface area contributed by atoms with Crippen molar-refractivity contribution in [2.45, 2.75) is 45.4 Å². The first-order chi connectivity index (χ1) is 12.2. The fraction of sp³-hybridized carbons (Fsp3) is 0.421. The van der Waals surface area contributed by atoms with Crippen molar-refractivity contribution < 1.29 is 9.53 Å².